The monoisotopic (exact) mass is 395 g/mol. The largest absolute Gasteiger partial charge is 0.478 e. The van der Waals surface area contributed by atoms with E-state index in [0.717, 1.165) is 11.6 Å². The van der Waals surface area contributed by atoms with Crippen LogP contribution in [0.1, 0.15) is 26.3 Å². The Morgan fingerprint density at radius 1 is 0.786 bits per heavy atom. The first-order valence-electron chi connectivity index (χ1n) is 8.38. The van der Waals surface area contributed by atoms with E-state index in [9.17, 15) is 18.0 Å². The lowest BCUT2D eigenvalue weighted by Crippen LogP contribution is -2.23. The van der Waals surface area contributed by atoms with Crippen LogP contribution in [0, 0.1) is 0 Å². The van der Waals surface area contributed by atoms with Crippen LogP contribution in [0.2, 0.25) is 0 Å². The Hall–Kier alpha value is -3.45. The van der Waals surface area contributed by atoms with Crippen molar-refractivity contribution >= 4 is 21.7 Å². The van der Waals surface area contributed by atoms with Gasteiger partial charge < -0.3 is 10.4 Å². The molecule has 6 nitrogen and oxygen atoms in total. The molecule has 1 amide bonds. The zero-order valence-electron chi connectivity index (χ0n) is 14.7. The molecule has 0 heterocycles. The molecule has 3 rings (SSSR count). The van der Waals surface area contributed by atoms with E-state index in [1.54, 1.807) is 0 Å². The minimum Gasteiger partial charge on any atom is -0.478 e. The molecule has 0 radical (unpaired) electrons. The smallest absolute Gasteiger partial charge is 0.335 e. The number of aromatic carboxylic acids is 1. The van der Waals surface area contributed by atoms with Gasteiger partial charge in [0.15, 0.2) is 0 Å². The second kappa shape index (κ2) is 8.06. The number of nitrogens with one attached hydrogen (secondary N) is 1. The van der Waals surface area contributed by atoms with Gasteiger partial charge in [-0.05, 0) is 42.0 Å². The Morgan fingerprint density at radius 3 is 1.96 bits per heavy atom. The number of hydrogen-bond donors (Lipinski definition) is 2. The van der Waals surface area contributed by atoms with Crippen molar-refractivity contribution < 1.29 is 23.1 Å². The molecule has 0 fully saturated rings. The molecule has 0 aliphatic carbocycles. The highest BCUT2D eigenvalue weighted by Gasteiger charge is 2.20. The van der Waals surface area contributed by atoms with Crippen LogP contribution in [0.3, 0.4) is 0 Å². The summed E-state index contributed by atoms with van der Waals surface area (Å²) in [5, 5.41) is 11.8. The average Bonchev–Trinajstić information content (AvgIpc) is 2.73. The van der Waals surface area contributed by atoms with Gasteiger partial charge in [0.25, 0.3) is 5.91 Å². The standard InChI is InChI=1S/C21H17NO5S/c23-20(22-14-15-6-2-1-3-7-15)16-8-4-10-18(12-16)28(26,27)19-11-5-9-17(13-19)21(24)25/h1-13H,14H2,(H,22,23)(H,24,25). The van der Waals surface area contributed by atoms with Gasteiger partial charge in [-0.2, -0.15) is 0 Å². The highest BCUT2D eigenvalue weighted by Crippen LogP contribution is 2.22. The van der Waals surface area contributed by atoms with Crippen molar-refractivity contribution in [2.45, 2.75) is 16.3 Å². The highest BCUT2D eigenvalue weighted by atomic mass is 32.2. The van der Waals surface area contributed by atoms with Crippen molar-refractivity contribution in [3.8, 4) is 0 Å². The Kier molecular flexibility index (Phi) is 5.56. The first-order valence-corrected chi connectivity index (χ1v) is 9.87. The molecule has 2 N–H and O–H groups in total. The molecule has 0 unspecified atom stereocenters. The fraction of sp³-hybridized carbons (Fsp3) is 0.0476. The van der Waals surface area contributed by atoms with Gasteiger partial charge in [0.05, 0.1) is 15.4 Å². The van der Waals surface area contributed by atoms with E-state index in [1.807, 2.05) is 30.3 Å². The molecule has 0 aliphatic heterocycles. The van der Waals surface area contributed by atoms with E-state index in [2.05, 4.69) is 5.32 Å². The third kappa shape index (κ3) is 4.27. The predicted octanol–water partition coefficient (Wildman–Crippen LogP) is 3.15. The van der Waals surface area contributed by atoms with E-state index in [0.29, 0.717) is 6.54 Å². The minimum absolute atomic E-state index is 0.0811. The number of benzene rings is 3. The van der Waals surface area contributed by atoms with Crippen LogP contribution in [0.5, 0.6) is 0 Å². The lowest BCUT2D eigenvalue weighted by atomic mass is 10.2. The third-order valence-electron chi connectivity index (χ3n) is 4.09. The number of carboxylic acids is 1. The summed E-state index contributed by atoms with van der Waals surface area (Å²) in [6, 6.07) is 20.1. The average molecular weight is 395 g/mol. The van der Waals surface area contributed by atoms with Gasteiger partial charge in [-0.1, -0.05) is 42.5 Å². The molecule has 142 valence electrons. The van der Waals surface area contributed by atoms with Gasteiger partial charge in [0.2, 0.25) is 9.84 Å². The summed E-state index contributed by atoms with van der Waals surface area (Å²) in [6.07, 6.45) is 0. The number of carbonyl (C=O) groups is 2. The van der Waals surface area contributed by atoms with Gasteiger partial charge in [-0.25, -0.2) is 13.2 Å². The van der Waals surface area contributed by atoms with Crippen LogP contribution in [0.15, 0.2) is 88.7 Å². The Morgan fingerprint density at radius 2 is 1.36 bits per heavy atom. The summed E-state index contributed by atoms with van der Waals surface area (Å²) in [7, 11) is -3.96. The van der Waals surface area contributed by atoms with Gasteiger partial charge in [-0.3, -0.25) is 4.79 Å². The number of carbonyl (C=O) groups excluding carboxylic acids is 1. The van der Waals surface area contributed by atoms with Gasteiger partial charge in [-0.15, -0.1) is 0 Å². The van der Waals surface area contributed by atoms with Crippen LogP contribution in [-0.4, -0.2) is 25.4 Å². The molecular formula is C21H17NO5S. The number of rotatable bonds is 6. The third-order valence-corrected chi connectivity index (χ3v) is 5.84. The summed E-state index contributed by atoms with van der Waals surface area (Å²) in [5.41, 5.74) is 0.995. The van der Waals surface area contributed by atoms with Crippen LogP contribution < -0.4 is 5.32 Å². The summed E-state index contributed by atoms with van der Waals surface area (Å²) in [5.74, 6) is -1.62. The number of carboxylic acid groups (broad SMARTS) is 1. The minimum atomic E-state index is -3.96. The molecule has 28 heavy (non-hydrogen) atoms. The molecule has 7 heteroatoms. The normalized spacial score (nSPS) is 11.0. The van der Waals surface area contributed by atoms with E-state index in [1.165, 1.54) is 42.5 Å². The molecule has 0 spiro atoms. The summed E-state index contributed by atoms with van der Waals surface area (Å²) in [4.78, 5) is 23.3. The van der Waals surface area contributed by atoms with E-state index >= 15 is 0 Å². The second-order valence-corrected chi connectivity index (χ2v) is 7.98. The molecule has 3 aromatic carbocycles. The van der Waals surface area contributed by atoms with Crippen LogP contribution in [0.25, 0.3) is 0 Å². The second-order valence-electron chi connectivity index (χ2n) is 6.03. The fourth-order valence-corrected chi connectivity index (χ4v) is 3.97. The number of sulfone groups is 1. The maximum absolute atomic E-state index is 12.8. The van der Waals surface area contributed by atoms with Crippen molar-refractivity contribution in [3.63, 3.8) is 0 Å². The number of hydrogen-bond acceptors (Lipinski definition) is 4. The Bertz CT molecular complexity index is 1120. The Labute approximate surface area is 162 Å². The van der Waals surface area contributed by atoms with Crippen molar-refractivity contribution in [2.75, 3.05) is 0 Å². The zero-order valence-corrected chi connectivity index (χ0v) is 15.5. The van der Waals surface area contributed by atoms with Gasteiger partial charge in [0.1, 0.15) is 0 Å². The molecule has 0 aromatic heterocycles. The first-order chi connectivity index (χ1) is 13.4. The molecule has 0 saturated heterocycles. The highest BCUT2D eigenvalue weighted by molar-refractivity contribution is 7.91. The van der Waals surface area contributed by atoms with Crippen molar-refractivity contribution in [2.24, 2.45) is 0 Å². The predicted molar refractivity (Wildman–Crippen MR) is 103 cm³/mol. The molecular weight excluding hydrogens is 378 g/mol. The first kappa shape index (κ1) is 19.3. The molecule has 0 bridgehead atoms. The van der Waals surface area contributed by atoms with Crippen molar-refractivity contribution in [1.82, 2.24) is 5.32 Å². The summed E-state index contributed by atoms with van der Waals surface area (Å²) >= 11 is 0. The van der Waals surface area contributed by atoms with Gasteiger partial charge >= 0.3 is 5.97 Å². The molecule has 0 atom stereocenters. The summed E-state index contributed by atoms with van der Waals surface area (Å²) < 4.78 is 25.7. The lowest BCUT2D eigenvalue weighted by molar-refractivity contribution is 0.0696. The van der Waals surface area contributed by atoms with Crippen molar-refractivity contribution in [3.05, 3.63) is 95.6 Å². The molecule has 0 aliphatic rings. The quantitative estimate of drug-likeness (QED) is 0.668. The lowest BCUT2D eigenvalue weighted by Gasteiger charge is -2.09. The summed E-state index contributed by atoms with van der Waals surface area (Å²) in [6.45, 7) is 0.317. The van der Waals surface area contributed by atoms with Crippen LogP contribution in [0.4, 0.5) is 0 Å². The zero-order chi connectivity index (χ0) is 20.1. The van der Waals surface area contributed by atoms with Crippen LogP contribution >= 0.6 is 0 Å². The van der Waals surface area contributed by atoms with Crippen molar-refractivity contribution in [1.29, 1.82) is 0 Å². The fourth-order valence-electron chi connectivity index (χ4n) is 2.62. The topological polar surface area (TPSA) is 101 Å². The Balaban J connectivity index is 1.85. The van der Waals surface area contributed by atoms with Crippen LogP contribution in [-0.2, 0) is 16.4 Å². The van der Waals surface area contributed by atoms with Gasteiger partial charge in [0, 0.05) is 12.1 Å². The maximum Gasteiger partial charge on any atom is 0.335 e. The van der Waals surface area contributed by atoms with E-state index < -0.39 is 21.7 Å². The maximum atomic E-state index is 12.8. The van der Waals surface area contributed by atoms with E-state index in [4.69, 9.17) is 5.11 Å². The number of amides is 1. The SMILES string of the molecule is O=C(O)c1cccc(S(=O)(=O)c2cccc(C(=O)NCc3ccccc3)c2)c1. The molecule has 3 aromatic rings. The molecule has 0 saturated carbocycles. The van der Waals surface area contributed by atoms with E-state index in [-0.39, 0.29) is 20.9 Å².